The van der Waals surface area contributed by atoms with Gasteiger partial charge in [-0.3, -0.25) is 0 Å². The highest BCUT2D eigenvalue weighted by Gasteiger charge is 2.20. The van der Waals surface area contributed by atoms with Crippen molar-refractivity contribution in [2.24, 2.45) is 5.92 Å². The van der Waals surface area contributed by atoms with Gasteiger partial charge in [0.2, 0.25) is 0 Å². The van der Waals surface area contributed by atoms with Gasteiger partial charge in [-0.05, 0) is 36.3 Å². The van der Waals surface area contributed by atoms with Gasteiger partial charge < -0.3 is 24.4 Å². The van der Waals surface area contributed by atoms with Crippen LogP contribution in [0.5, 0.6) is 17.2 Å². The predicted molar refractivity (Wildman–Crippen MR) is 144 cm³/mol. The van der Waals surface area contributed by atoms with Crippen LogP contribution in [-0.2, 0) is 13.0 Å². The molecule has 35 heavy (non-hydrogen) atoms. The number of hydrogen-bond donors (Lipinski definition) is 1. The topological polar surface area (TPSA) is 60.0 Å². The van der Waals surface area contributed by atoms with Crippen LogP contribution in [0.25, 0.3) is 0 Å². The number of nitrogens with one attached hydrogen (secondary N) is 1. The molecule has 0 spiro atoms. The molecule has 0 bridgehead atoms. The van der Waals surface area contributed by atoms with E-state index in [9.17, 15) is 4.79 Å². The third-order valence-corrected chi connectivity index (χ3v) is 6.17. The van der Waals surface area contributed by atoms with E-state index in [2.05, 4.69) is 50.4 Å². The smallest absolute Gasteiger partial charge is 0.322 e. The second-order valence-electron chi connectivity index (χ2n) is 9.42. The van der Waals surface area contributed by atoms with Crippen LogP contribution in [0.2, 0.25) is 0 Å². The van der Waals surface area contributed by atoms with E-state index < -0.39 is 0 Å². The Morgan fingerprint density at radius 1 is 0.886 bits per heavy atom. The van der Waals surface area contributed by atoms with Gasteiger partial charge in [0.25, 0.3) is 0 Å². The molecule has 2 rings (SSSR count). The number of amides is 2. The molecule has 2 aromatic rings. The van der Waals surface area contributed by atoms with Crippen LogP contribution in [0.3, 0.4) is 0 Å². The van der Waals surface area contributed by atoms with Crippen molar-refractivity contribution in [1.29, 1.82) is 0 Å². The fraction of sp³-hybridized carbons (Fsp3) is 0.552. The molecule has 0 saturated heterocycles. The minimum Gasteiger partial charge on any atom is -0.496 e. The lowest BCUT2D eigenvalue weighted by atomic mass is 10.0. The SMILES string of the molecule is CCCCCCCN(Cc1ccc(CCC(C)C)cc1)C(=O)Nc1c(OC)cc(OC)cc1OC. The van der Waals surface area contributed by atoms with Crippen molar-refractivity contribution in [3.63, 3.8) is 0 Å². The number of nitrogens with zero attached hydrogens (tertiary/aromatic N) is 1. The number of rotatable bonds is 15. The van der Waals surface area contributed by atoms with Crippen molar-refractivity contribution >= 4 is 11.7 Å². The highest BCUT2D eigenvalue weighted by Crippen LogP contribution is 2.39. The number of carbonyl (C=O) groups is 1. The molecule has 0 atom stereocenters. The molecule has 0 aliphatic rings. The van der Waals surface area contributed by atoms with Crippen molar-refractivity contribution in [3.8, 4) is 17.2 Å². The molecular weight excluding hydrogens is 440 g/mol. The molecule has 0 aliphatic carbocycles. The molecule has 0 unspecified atom stereocenters. The van der Waals surface area contributed by atoms with Gasteiger partial charge in [-0.1, -0.05) is 70.7 Å². The first-order valence-corrected chi connectivity index (χ1v) is 12.9. The summed E-state index contributed by atoms with van der Waals surface area (Å²) in [6, 6.07) is 12.0. The van der Waals surface area contributed by atoms with Gasteiger partial charge in [-0.25, -0.2) is 4.79 Å². The van der Waals surface area contributed by atoms with Crippen LogP contribution >= 0.6 is 0 Å². The number of anilines is 1. The third kappa shape index (κ3) is 9.35. The molecule has 0 aliphatic heterocycles. The Balaban J connectivity index is 2.18. The summed E-state index contributed by atoms with van der Waals surface area (Å²) in [5.74, 6) is 2.27. The number of methoxy groups -OCH3 is 3. The van der Waals surface area contributed by atoms with Crippen molar-refractivity contribution in [2.45, 2.75) is 72.3 Å². The minimum absolute atomic E-state index is 0.175. The van der Waals surface area contributed by atoms with E-state index >= 15 is 0 Å². The molecular formula is C29H44N2O4. The summed E-state index contributed by atoms with van der Waals surface area (Å²) in [4.78, 5) is 15.3. The maximum Gasteiger partial charge on any atom is 0.322 e. The Morgan fingerprint density at radius 3 is 2.03 bits per heavy atom. The fourth-order valence-corrected chi connectivity index (χ4v) is 3.96. The van der Waals surface area contributed by atoms with E-state index in [1.54, 1.807) is 33.5 Å². The summed E-state index contributed by atoms with van der Waals surface area (Å²) in [6.45, 7) is 7.94. The van der Waals surface area contributed by atoms with E-state index in [4.69, 9.17) is 14.2 Å². The van der Waals surface area contributed by atoms with E-state index in [-0.39, 0.29) is 6.03 Å². The molecule has 0 heterocycles. The molecule has 6 nitrogen and oxygen atoms in total. The Bertz CT molecular complexity index is 871. The van der Waals surface area contributed by atoms with Gasteiger partial charge in [0.05, 0.1) is 21.3 Å². The zero-order chi connectivity index (χ0) is 25.6. The number of urea groups is 1. The van der Waals surface area contributed by atoms with Gasteiger partial charge in [-0.15, -0.1) is 0 Å². The van der Waals surface area contributed by atoms with Crippen molar-refractivity contribution < 1.29 is 19.0 Å². The van der Waals surface area contributed by atoms with Crippen LogP contribution in [-0.4, -0.2) is 38.8 Å². The van der Waals surface area contributed by atoms with Gasteiger partial charge in [-0.2, -0.15) is 0 Å². The maximum atomic E-state index is 13.4. The first kappa shape index (κ1) is 28.3. The van der Waals surface area contributed by atoms with E-state index in [1.165, 1.54) is 31.2 Å². The molecule has 0 fully saturated rings. The summed E-state index contributed by atoms with van der Waals surface area (Å²) in [7, 11) is 4.72. The Morgan fingerprint density at radius 2 is 1.49 bits per heavy atom. The van der Waals surface area contributed by atoms with Gasteiger partial charge in [0.15, 0.2) is 0 Å². The molecule has 0 aromatic heterocycles. The molecule has 1 N–H and O–H groups in total. The second-order valence-corrected chi connectivity index (χ2v) is 9.42. The summed E-state index contributed by atoms with van der Waals surface area (Å²) < 4.78 is 16.4. The van der Waals surface area contributed by atoms with E-state index in [1.807, 2.05) is 4.90 Å². The zero-order valence-electron chi connectivity index (χ0n) is 22.5. The standard InChI is InChI=1S/C29H44N2O4/c1-7-8-9-10-11-18-31(21-24-16-14-23(15-17-24)13-12-22(2)3)29(32)30-28-26(34-5)19-25(33-4)20-27(28)35-6/h14-17,19-20,22H,7-13,18,21H2,1-6H3,(H,30,32). The van der Waals surface area contributed by atoms with Crippen LogP contribution in [0.1, 0.15) is 70.4 Å². The molecule has 2 amide bonds. The lowest BCUT2D eigenvalue weighted by Gasteiger charge is -2.25. The quantitative estimate of drug-likeness (QED) is 0.269. The van der Waals surface area contributed by atoms with Gasteiger partial charge >= 0.3 is 6.03 Å². The van der Waals surface area contributed by atoms with Crippen molar-refractivity contribution in [2.75, 3.05) is 33.2 Å². The van der Waals surface area contributed by atoms with Gasteiger partial charge in [0, 0.05) is 25.2 Å². The van der Waals surface area contributed by atoms with E-state index in [0.717, 1.165) is 24.8 Å². The normalized spacial score (nSPS) is 10.8. The monoisotopic (exact) mass is 484 g/mol. The number of benzene rings is 2. The zero-order valence-corrected chi connectivity index (χ0v) is 22.5. The third-order valence-electron chi connectivity index (χ3n) is 6.17. The molecule has 194 valence electrons. The summed E-state index contributed by atoms with van der Waals surface area (Å²) in [5.41, 5.74) is 2.96. The number of carbonyl (C=O) groups excluding carboxylic acids is 1. The first-order chi connectivity index (χ1) is 16.9. The van der Waals surface area contributed by atoms with Gasteiger partial charge in [0.1, 0.15) is 22.9 Å². The second kappa shape index (κ2) is 15.2. The summed E-state index contributed by atoms with van der Waals surface area (Å²) in [5, 5.41) is 3.03. The van der Waals surface area contributed by atoms with Crippen LogP contribution in [0.15, 0.2) is 36.4 Å². The first-order valence-electron chi connectivity index (χ1n) is 12.9. The number of hydrogen-bond acceptors (Lipinski definition) is 4. The number of unbranched alkanes of at least 4 members (excludes halogenated alkanes) is 4. The molecule has 6 heteroatoms. The number of aryl methyl sites for hydroxylation is 1. The minimum atomic E-state index is -0.175. The van der Waals surface area contributed by atoms with Crippen LogP contribution in [0.4, 0.5) is 10.5 Å². The summed E-state index contributed by atoms with van der Waals surface area (Å²) in [6.07, 6.45) is 7.96. The van der Waals surface area contributed by atoms with Crippen LogP contribution in [0, 0.1) is 5.92 Å². The van der Waals surface area contributed by atoms with Crippen molar-refractivity contribution in [1.82, 2.24) is 4.90 Å². The molecule has 0 radical (unpaired) electrons. The summed E-state index contributed by atoms with van der Waals surface area (Å²) >= 11 is 0. The average Bonchev–Trinajstić information content (AvgIpc) is 2.87. The van der Waals surface area contributed by atoms with E-state index in [0.29, 0.717) is 41.9 Å². The highest BCUT2D eigenvalue weighted by molar-refractivity contribution is 5.93. The average molecular weight is 485 g/mol. The predicted octanol–water partition coefficient (Wildman–Crippen LogP) is 7.31. The molecule has 2 aromatic carbocycles. The Kier molecular flexibility index (Phi) is 12.3. The fourth-order valence-electron chi connectivity index (χ4n) is 3.96. The number of ether oxygens (including phenoxy) is 3. The molecule has 0 saturated carbocycles. The Labute approximate surface area is 212 Å². The Hall–Kier alpha value is -2.89. The van der Waals surface area contributed by atoms with Crippen molar-refractivity contribution in [3.05, 3.63) is 47.5 Å². The lowest BCUT2D eigenvalue weighted by molar-refractivity contribution is 0.207. The maximum absolute atomic E-state index is 13.4. The van der Waals surface area contributed by atoms with Crippen LogP contribution < -0.4 is 19.5 Å². The largest absolute Gasteiger partial charge is 0.496 e. The highest BCUT2D eigenvalue weighted by atomic mass is 16.5. The lowest BCUT2D eigenvalue weighted by Crippen LogP contribution is -2.35.